The average molecular weight is 913 g/mol. The van der Waals surface area contributed by atoms with Gasteiger partial charge in [0, 0.05) is 56.8 Å². The third kappa shape index (κ3) is 9.36. The molecule has 18 heteroatoms. The lowest BCUT2D eigenvalue weighted by atomic mass is 10.1. The highest BCUT2D eigenvalue weighted by Gasteiger charge is 2.32. The van der Waals surface area contributed by atoms with E-state index in [1.807, 2.05) is 35.0 Å². The Morgan fingerprint density at radius 2 is 1.17 bits per heavy atom. The maximum Gasteiger partial charge on any atom is 0.257 e. The molecule has 0 atom stereocenters. The highest BCUT2D eigenvalue weighted by atomic mass is 35.5. The number of benzene rings is 2. The largest absolute Gasteiger partial charge is 0.493 e. The third-order valence-electron chi connectivity index (χ3n) is 11.3. The van der Waals surface area contributed by atoms with Crippen molar-refractivity contribution in [1.29, 1.82) is 0 Å². The molecular weight excluding hydrogens is 865 g/mol. The van der Waals surface area contributed by atoms with Crippen molar-refractivity contribution in [1.82, 2.24) is 39.3 Å². The molecule has 0 saturated carbocycles. The van der Waals surface area contributed by atoms with Crippen molar-refractivity contribution in [2.24, 2.45) is 0 Å². The average Bonchev–Trinajstić information content (AvgIpc) is 4.00. The number of nitrogen functional groups attached to an aromatic ring is 1. The van der Waals surface area contributed by atoms with Gasteiger partial charge in [0.05, 0.1) is 88.3 Å². The molecule has 0 radical (unpaired) electrons. The van der Waals surface area contributed by atoms with E-state index >= 15 is 0 Å². The maximum atomic E-state index is 12.8. The van der Waals surface area contributed by atoms with Crippen molar-refractivity contribution in [2.75, 3.05) is 44.7 Å². The van der Waals surface area contributed by atoms with Crippen LogP contribution in [0.15, 0.2) is 60.7 Å². The van der Waals surface area contributed by atoms with E-state index in [0.29, 0.717) is 91.6 Å². The number of nitrogens with two attached hydrogens (primary N) is 1. The summed E-state index contributed by atoms with van der Waals surface area (Å²) in [6.45, 7) is 2.96. The van der Waals surface area contributed by atoms with E-state index in [4.69, 9.17) is 60.1 Å². The first kappa shape index (κ1) is 43.6. The Kier molecular flexibility index (Phi) is 13.0. The monoisotopic (exact) mass is 911 g/mol. The molecule has 2 aromatic carbocycles. The number of hydrogen-bond acceptors (Lipinski definition) is 11. The number of para-hydroxylation sites is 2. The number of amides is 2. The number of anilines is 5. The summed E-state index contributed by atoms with van der Waals surface area (Å²) in [5.41, 5.74) is 15.2. The minimum Gasteiger partial charge on any atom is -0.493 e. The van der Waals surface area contributed by atoms with Crippen LogP contribution in [0.2, 0.25) is 15.2 Å². The summed E-state index contributed by atoms with van der Waals surface area (Å²) in [4.78, 5) is 37.4. The summed E-state index contributed by atoms with van der Waals surface area (Å²) in [6, 6.07) is 18.5. The smallest absolute Gasteiger partial charge is 0.257 e. The van der Waals surface area contributed by atoms with Crippen LogP contribution in [0, 0.1) is 0 Å². The van der Waals surface area contributed by atoms with Crippen LogP contribution in [0.4, 0.5) is 28.6 Å². The van der Waals surface area contributed by atoms with Crippen molar-refractivity contribution in [3.8, 4) is 11.5 Å². The van der Waals surface area contributed by atoms with Crippen molar-refractivity contribution >= 4 is 75.2 Å². The molecule has 0 fully saturated rings. The summed E-state index contributed by atoms with van der Waals surface area (Å²) in [5, 5.41) is 16.8. The Hall–Kier alpha value is -6.03. The number of hydrogen-bond donors (Lipinski definition) is 3. The predicted octanol–water partition coefficient (Wildman–Crippen LogP) is 8.72. The molecule has 63 heavy (non-hydrogen) atoms. The summed E-state index contributed by atoms with van der Waals surface area (Å²) < 4.78 is 14.9. The quantitative estimate of drug-likeness (QED) is 0.125. The van der Waals surface area contributed by atoms with Crippen LogP contribution in [0.3, 0.4) is 0 Å². The number of carbonyl (C=O) groups excluding carboxylic acids is 2. The number of aryl methyl sites for hydroxylation is 4. The number of nitrogens with one attached hydrogen (secondary N) is 2. The van der Waals surface area contributed by atoms with Gasteiger partial charge in [-0.25, -0.2) is 4.98 Å². The first-order valence-electron chi connectivity index (χ1n) is 20.7. The molecule has 0 unspecified atom stereocenters. The van der Waals surface area contributed by atoms with Crippen LogP contribution >= 0.6 is 34.8 Å². The molecule has 15 nitrogen and oxygen atoms in total. The first-order valence-corrected chi connectivity index (χ1v) is 21.8. The van der Waals surface area contributed by atoms with Crippen LogP contribution in [0.1, 0.15) is 80.6 Å². The molecule has 0 bridgehead atoms. The zero-order valence-corrected chi connectivity index (χ0v) is 37.7. The van der Waals surface area contributed by atoms with Crippen LogP contribution in [0.25, 0.3) is 0 Å². The minimum absolute atomic E-state index is 0.0463. The maximum absolute atomic E-state index is 12.8. The van der Waals surface area contributed by atoms with Crippen molar-refractivity contribution in [3.05, 3.63) is 121 Å². The van der Waals surface area contributed by atoms with Gasteiger partial charge < -0.3 is 35.6 Å². The van der Waals surface area contributed by atoms with E-state index < -0.39 is 0 Å². The standard InChI is InChI=1S/C23H24ClN5O2.C15H13Cl2N3O2.C7H11N3/c1-28-13-20-21(23(28)30)19(26-18-8-5-7-17(24)22(18)31-2)12-14(25-20)10-15-11-16-6-3-4-9-29(16)27-15;1-20-7-11-13(15(20)21)10(6-12(17)19-11)18-9-5-3-4-8(16)14(9)22-2;8-7-5-6-3-1-2-4-10(6)9-7/h5,7-8,11-12H,3-4,6,9-10,13H2,1-2H3,(H,25,26);3-6H,7H2,1-2H3,(H,18,19);5H,1-4H2,(H2,8,9). The normalized spacial score (nSPS) is 14.7. The summed E-state index contributed by atoms with van der Waals surface area (Å²) >= 11 is 18.5. The van der Waals surface area contributed by atoms with Gasteiger partial charge in [-0.3, -0.25) is 23.9 Å². The van der Waals surface area contributed by atoms with Crippen molar-refractivity contribution < 1.29 is 19.1 Å². The molecule has 6 aromatic rings. The summed E-state index contributed by atoms with van der Waals surface area (Å²) in [7, 11) is 6.63. The summed E-state index contributed by atoms with van der Waals surface area (Å²) in [5.74, 6) is 1.57. The molecular formula is C45H48Cl3N11O4. The van der Waals surface area contributed by atoms with Crippen LogP contribution in [-0.2, 0) is 45.4 Å². The molecule has 2 amide bonds. The van der Waals surface area contributed by atoms with E-state index in [9.17, 15) is 9.59 Å². The first-order chi connectivity index (χ1) is 30.4. The van der Waals surface area contributed by atoms with E-state index in [2.05, 4.69) is 31.5 Å². The summed E-state index contributed by atoms with van der Waals surface area (Å²) in [6.07, 6.45) is 7.75. The number of halogens is 3. The van der Waals surface area contributed by atoms with Gasteiger partial charge >= 0.3 is 0 Å². The van der Waals surface area contributed by atoms with Gasteiger partial charge in [0.2, 0.25) is 0 Å². The molecule has 0 aliphatic carbocycles. The number of ether oxygens (including phenoxy) is 2. The third-order valence-corrected chi connectivity index (χ3v) is 12.0. The molecule has 328 valence electrons. The van der Waals surface area contributed by atoms with Gasteiger partial charge in [0.1, 0.15) is 11.0 Å². The second-order valence-electron chi connectivity index (χ2n) is 15.7. The van der Waals surface area contributed by atoms with E-state index in [0.717, 1.165) is 43.0 Å². The molecule has 10 rings (SSSR count). The van der Waals surface area contributed by atoms with E-state index in [1.165, 1.54) is 44.2 Å². The zero-order valence-electron chi connectivity index (χ0n) is 35.5. The lowest BCUT2D eigenvalue weighted by Gasteiger charge is -2.15. The lowest BCUT2D eigenvalue weighted by Crippen LogP contribution is -2.18. The Bertz CT molecular complexity index is 2650. The Labute approximate surface area is 380 Å². The van der Waals surface area contributed by atoms with Gasteiger partial charge in [0.15, 0.2) is 11.5 Å². The molecule has 4 aliphatic rings. The van der Waals surface area contributed by atoms with Gasteiger partial charge in [-0.2, -0.15) is 10.2 Å². The minimum atomic E-state index is -0.0948. The molecule has 4 aliphatic heterocycles. The number of carbonyl (C=O) groups is 2. The molecule has 0 spiro atoms. The van der Waals surface area contributed by atoms with Gasteiger partial charge in [-0.15, -0.1) is 0 Å². The number of aromatic nitrogens is 6. The van der Waals surface area contributed by atoms with Crippen LogP contribution in [-0.4, -0.2) is 79.5 Å². The molecule has 4 N–H and O–H groups in total. The molecule has 0 saturated heterocycles. The van der Waals surface area contributed by atoms with Gasteiger partial charge in [-0.1, -0.05) is 46.9 Å². The van der Waals surface area contributed by atoms with Crippen molar-refractivity contribution in [3.63, 3.8) is 0 Å². The fourth-order valence-electron chi connectivity index (χ4n) is 8.30. The SMILES string of the molecule is COc1c(Cl)cccc1Nc1cc(Cc2cc3n(n2)CCCC3)nc2c1C(=O)N(C)C2.COc1c(Cl)cccc1Nc1cc(Cl)nc2c1C(=O)N(C)C2.Nc1cc2n(n1)CCCC2. The molecule has 4 aromatic heterocycles. The highest BCUT2D eigenvalue weighted by Crippen LogP contribution is 2.39. The number of nitrogens with zero attached hydrogens (tertiary/aromatic N) is 8. The second kappa shape index (κ2) is 18.8. The Balaban J connectivity index is 0.000000147. The second-order valence-corrected chi connectivity index (χ2v) is 16.9. The lowest BCUT2D eigenvalue weighted by molar-refractivity contribution is 0.0809. The van der Waals surface area contributed by atoms with E-state index in [1.54, 1.807) is 55.3 Å². The zero-order chi connectivity index (χ0) is 44.4. The van der Waals surface area contributed by atoms with Crippen molar-refractivity contribution in [2.45, 2.75) is 71.1 Å². The fraction of sp³-hybridized carbons (Fsp3) is 0.333. The van der Waals surface area contributed by atoms with Gasteiger partial charge in [-0.05, 0) is 81.0 Å². The predicted molar refractivity (Wildman–Crippen MR) is 245 cm³/mol. The molecule has 8 heterocycles. The Morgan fingerprint density at radius 1 is 0.651 bits per heavy atom. The number of rotatable bonds is 8. The highest BCUT2D eigenvalue weighted by molar-refractivity contribution is 6.33. The van der Waals surface area contributed by atoms with Gasteiger partial charge in [0.25, 0.3) is 11.8 Å². The van der Waals surface area contributed by atoms with Crippen LogP contribution in [0.5, 0.6) is 11.5 Å². The Morgan fingerprint density at radius 3 is 1.71 bits per heavy atom. The number of methoxy groups -OCH3 is 2. The fourth-order valence-corrected chi connectivity index (χ4v) is 9.01. The van der Waals surface area contributed by atoms with E-state index in [-0.39, 0.29) is 11.8 Å². The number of pyridine rings is 2. The number of fused-ring (bicyclic) bond motifs is 4. The topological polar surface area (TPSA) is 171 Å². The van der Waals surface area contributed by atoms with Crippen LogP contribution < -0.4 is 25.8 Å².